The van der Waals surface area contributed by atoms with Crippen LogP contribution in [0.2, 0.25) is 0 Å². The minimum absolute atomic E-state index is 0.0653. The molecule has 1 aromatic rings. The van der Waals surface area contributed by atoms with Crippen LogP contribution in [-0.2, 0) is 11.2 Å². The Bertz CT molecular complexity index is 445. The lowest BCUT2D eigenvalue weighted by molar-refractivity contribution is -0.125. The third-order valence-corrected chi connectivity index (χ3v) is 3.02. The minimum Gasteiger partial charge on any atom is -0.493 e. The van der Waals surface area contributed by atoms with Gasteiger partial charge in [-0.3, -0.25) is 4.79 Å². The van der Waals surface area contributed by atoms with Crippen molar-refractivity contribution in [1.29, 1.82) is 0 Å². The van der Waals surface area contributed by atoms with E-state index in [1.165, 1.54) is 0 Å². The maximum Gasteiger partial charge on any atom is 0.222 e. The number of ether oxygens (including phenoxy) is 2. The monoisotopic (exact) mass is 281 g/mol. The first-order chi connectivity index (χ1) is 9.51. The fourth-order valence-electron chi connectivity index (χ4n) is 1.82. The first-order valence-corrected chi connectivity index (χ1v) is 6.64. The van der Waals surface area contributed by atoms with Crippen molar-refractivity contribution < 1.29 is 19.4 Å². The molecule has 0 bridgehead atoms. The predicted octanol–water partition coefficient (Wildman–Crippen LogP) is 1.38. The highest BCUT2D eigenvalue weighted by Gasteiger charge is 2.15. The quantitative estimate of drug-likeness (QED) is 0.792. The van der Waals surface area contributed by atoms with Crippen molar-refractivity contribution in [2.75, 3.05) is 20.8 Å². The molecule has 0 aromatic heterocycles. The van der Waals surface area contributed by atoms with E-state index in [9.17, 15) is 9.90 Å². The Morgan fingerprint density at radius 3 is 2.40 bits per heavy atom. The molecule has 0 fully saturated rings. The van der Waals surface area contributed by atoms with Crippen molar-refractivity contribution >= 4 is 5.91 Å². The van der Waals surface area contributed by atoms with Gasteiger partial charge in [0.2, 0.25) is 5.91 Å². The second-order valence-corrected chi connectivity index (χ2v) is 4.94. The summed E-state index contributed by atoms with van der Waals surface area (Å²) < 4.78 is 10.4. The average Bonchev–Trinajstić information content (AvgIpc) is 2.45. The molecule has 5 nitrogen and oxygen atoms in total. The molecule has 20 heavy (non-hydrogen) atoms. The van der Waals surface area contributed by atoms with Crippen LogP contribution in [0.1, 0.15) is 19.4 Å². The Labute approximate surface area is 119 Å². The van der Waals surface area contributed by atoms with Crippen molar-refractivity contribution in [3.8, 4) is 11.5 Å². The largest absolute Gasteiger partial charge is 0.493 e. The number of nitrogens with one attached hydrogen (secondary N) is 1. The second kappa shape index (κ2) is 7.75. The molecule has 0 heterocycles. The second-order valence-electron chi connectivity index (χ2n) is 4.94. The van der Waals surface area contributed by atoms with Crippen LogP contribution in [0, 0.1) is 5.92 Å². The number of aliphatic hydroxyl groups excluding tert-OH is 1. The van der Waals surface area contributed by atoms with Gasteiger partial charge in [0.1, 0.15) is 0 Å². The Balaban J connectivity index is 2.77. The lowest BCUT2D eigenvalue weighted by Crippen LogP contribution is -2.41. The Hall–Kier alpha value is -1.75. The van der Waals surface area contributed by atoms with Crippen LogP contribution in [0.5, 0.6) is 11.5 Å². The summed E-state index contributed by atoms with van der Waals surface area (Å²) in [6.07, 6.45) is 0.537. The summed E-state index contributed by atoms with van der Waals surface area (Å²) >= 11 is 0. The van der Waals surface area contributed by atoms with Gasteiger partial charge in [0.25, 0.3) is 0 Å². The normalized spacial score (nSPS) is 12.1. The van der Waals surface area contributed by atoms with Crippen molar-refractivity contribution in [3.05, 3.63) is 23.8 Å². The molecular formula is C15H23NO4. The molecule has 0 saturated carbocycles. The summed E-state index contributed by atoms with van der Waals surface area (Å²) in [5, 5.41) is 12.2. The number of hydrogen-bond acceptors (Lipinski definition) is 4. The van der Waals surface area contributed by atoms with Crippen molar-refractivity contribution in [1.82, 2.24) is 5.32 Å². The zero-order valence-electron chi connectivity index (χ0n) is 12.5. The smallest absolute Gasteiger partial charge is 0.222 e. The van der Waals surface area contributed by atoms with E-state index in [0.717, 1.165) is 5.56 Å². The maximum atomic E-state index is 11.7. The number of hydrogen-bond donors (Lipinski definition) is 2. The molecule has 0 aliphatic rings. The summed E-state index contributed by atoms with van der Waals surface area (Å²) in [6, 6.07) is 5.25. The van der Waals surface area contributed by atoms with E-state index in [2.05, 4.69) is 5.32 Å². The van der Waals surface area contributed by atoms with Gasteiger partial charge in [0.15, 0.2) is 11.5 Å². The van der Waals surface area contributed by atoms with Gasteiger partial charge in [-0.1, -0.05) is 19.9 Å². The van der Waals surface area contributed by atoms with Crippen LogP contribution in [-0.4, -0.2) is 37.9 Å². The highest BCUT2D eigenvalue weighted by molar-refractivity contribution is 5.78. The summed E-state index contributed by atoms with van der Waals surface area (Å²) in [6.45, 7) is 3.53. The summed E-state index contributed by atoms with van der Waals surface area (Å²) in [5.74, 6) is 1.12. The molecule has 1 rings (SSSR count). The fourth-order valence-corrected chi connectivity index (χ4v) is 1.82. The van der Waals surface area contributed by atoms with Crippen LogP contribution in [0.25, 0.3) is 0 Å². The molecule has 1 amide bonds. The Morgan fingerprint density at radius 2 is 1.90 bits per heavy atom. The summed E-state index contributed by atoms with van der Waals surface area (Å²) in [4.78, 5) is 11.7. The first kappa shape index (κ1) is 16.3. The predicted molar refractivity (Wildman–Crippen MR) is 77.1 cm³/mol. The van der Waals surface area contributed by atoms with Gasteiger partial charge in [-0.25, -0.2) is 0 Å². The molecular weight excluding hydrogens is 258 g/mol. The van der Waals surface area contributed by atoms with E-state index >= 15 is 0 Å². The Morgan fingerprint density at radius 1 is 1.25 bits per heavy atom. The van der Waals surface area contributed by atoms with Crippen LogP contribution < -0.4 is 14.8 Å². The summed E-state index contributed by atoms with van der Waals surface area (Å²) in [5.41, 5.74) is 0.964. The van der Waals surface area contributed by atoms with Crippen LogP contribution >= 0.6 is 0 Å². The maximum absolute atomic E-state index is 11.7. The van der Waals surface area contributed by atoms with E-state index in [4.69, 9.17) is 9.47 Å². The first-order valence-electron chi connectivity index (χ1n) is 6.64. The standard InChI is InChI=1S/C15H23NO4/c1-10(2)15(18)16-12(9-17)7-11-5-6-13(19-3)14(8-11)20-4/h5-6,8,10,12,17H,7,9H2,1-4H3,(H,16,18). The van der Waals surface area contributed by atoms with Gasteiger partial charge in [-0.15, -0.1) is 0 Å². The van der Waals surface area contributed by atoms with Crippen molar-refractivity contribution in [3.63, 3.8) is 0 Å². The van der Waals surface area contributed by atoms with E-state index in [1.807, 2.05) is 32.0 Å². The van der Waals surface area contributed by atoms with E-state index in [1.54, 1.807) is 14.2 Å². The lowest BCUT2D eigenvalue weighted by Gasteiger charge is -2.18. The topological polar surface area (TPSA) is 67.8 Å². The number of rotatable bonds is 7. The van der Waals surface area contributed by atoms with Gasteiger partial charge in [0.05, 0.1) is 26.9 Å². The highest BCUT2D eigenvalue weighted by atomic mass is 16.5. The zero-order valence-corrected chi connectivity index (χ0v) is 12.5. The number of carbonyl (C=O) groups excluding carboxylic acids is 1. The molecule has 0 saturated heterocycles. The van der Waals surface area contributed by atoms with Crippen molar-refractivity contribution in [2.24, 2.45) is 5.92 Å². The number of carbonyl (C=O) groups is 1. The van der Waals surface area contributed by atoms with E-state index < -0.39 is 0 Å². The molecule has 0 radical (unpaired) electrons. The molecule has 1 unspecified atom stereocenters. The molecule has 0 aliphatic carbocycles. The third-order valence-electron chi connectivity index (χ3n) is 3.02. The number of aliphatic hydroxyl groups is 1. The van der Waals surface area contributed by atoms with Gasteiger partial charge < -0.3 is 19.9 Å². The van der Waals surface area contributed by atoms with Gasteiger partial charge in [-0.2, -0.15) is 0 Å². The fraction of sp³-hybridized carbons (Fsp3) is 0.533. The third kappa shape index (κ3) is 4.42. The lowest BCUT2D eigenvalue weighted by atomic mass is 10.0. The van der Waals surface area contributed by atoms with Gasteiger partial charge in [-0.05, 0) is 24.1 Å². The Kier molecular flexibility index (Phi) is 6.31. The molecule has 1 aromatic carbocycles. The van der Waals surface area contributed by atoms with Gasteiger partial charge >= 0.3 is 0 Å². The van der Waals surface area contributed by atoms with E-state index in [-0.39, 0.29) is 24.5 Å². The van der Waals surface area contributed by atoms with Crippen LogP contribution in [0.3, 0.4) is 0 Å². The molecule has 0 spiro atoms. The highest BCUT2D eigenvalue weighted by Crippen LogP contribution is 2.27. The van der Waals surface area contributed by atoms with Gasteiger partial charge in [0, 0.05) is 5.92 Å². The van der Waals surface area contributed by atoms with Crippen LogP contribution in [0.4, 0.5) is 0 Å². The molecule has 1 atom stereocenters. The molecule has 0 aliphatic heterocycles. The zero-order chi connectivity index (χ0) is 15.1. The molecule has 112 valence electrons. The van der Waals surface area contributed by atoms with E-state index in [0.29, 0.717) is 17.9 Å². The average molecular weight is 281 g/mol. The number of methoxy groups -OCH3 is 2. The van der Waals surface area contributed by atoms with Crippen molar-refractivity contribution in [2.45, 2.75) is 26.3 Å². The summed E-state index contributed by atoms with van der Waals surface area (Å²) in [7, 11) is 3.16. The molecule has 5 heteroatoms. The number of amides is 1. The minimum atomic E-state index is -0.303. The SMILES string of the molecule is COc1ccc(CC(CO)NC(=O)C(C)C)cc1OC. The van der Waals surface area contributed by atoms with Crippen LogP contribution in [0.15, 0.2) is 18.2 Å². The molecule has 2 N–H and O–H groups in total. The number of benzene rings is 1.